The lowest BCUT2D eigenvalue weighted by Gasteiger charge is -2.29. The molecule has 154 valence electrons. The summed E-state index contributed by atoms with van der Waals surface area (Å²) in [6.45, 7) is 1.52. The molecule has 1 unspecified atom stereocenters. The van der Waals surface area contributed by atoms with Gasteiger partial charge >= 0.3 is 0 Å². The van der Waals surface area contributed by atoms with Crippen LogP contribution in [0.15, 0.2) is 24.3 Å². The van der Waals surface area contributed by atoms with Crippen LogP contribution in [0.25, 0.3) is 0 Å². The monoisotopic (exact) mass is 452 g/mol. The number of hydrogen-bond donors (Lipinski definition) is 3. The number of carbonyl (C=O) groups excluding carboxylic acids is 2. The second-order valence-corrected chi connectivity index (χ2v) is 9.13. The molecule has 7 nitrogen and oxygen atoms in total. The second-order valence-electron chi connectivity index (χ2n) is 6.86. The zero-order valence-corrected chi connectivity index (χ0v) is 18.0. The number of nitrogens with zero attached hydrogens (tertiary/aromatic N) is 1. The van der Waals surface area contributed by atoms with Gasteiger partial charge in [0.15, 0.2) is 0 Å². The zero-order chi connectivity index (χ0) is 20.4. The van der Waals surface area contributed by atoms with Gasteiger partial charge in [-0.3, -0.25) is 14.7 Å². The van der Waals surface area contributed by atoms with E-state index in [-0.39, 0.29) is 11.8 Å². The highest BCUT2D eigenvalue weighted by atomic mass is 35.5. The van der Waals surface area contributed by atoms with Crippen LogP contribution in [-0.4, -0.2) is 41.9 Å². The Morgan fingerprint density at radius 1 is 1.24 bits per heavy atom. The van der Waals surface area contributed by atoms with E-state index in [1.807, 2.05) is 4.31 Å². The molecule has 1 aliphatic carbocycles. The van der Waals surface area contributed by atoms with Crippen LogP contribution in [0.3, 0.4) is 0 Å². The summed E-state index contributed by atoms with van der Waals surface area (Å²) >= 11 is 8.50. The Hall–Kier alpha value is -1.62. The predicted molar refractivity (Wildman–Crippen MR) is 117 cm³/mol. The van der Waals surface area contributed by atoms with Crippen LogP contribution < -0.4 is 15.8 Å². The maximum atomic E-state index is 13.0. The third-order valence-corrected chi connectivity index (χ3v) is 7.05. The van der Waals surface area contributed by atoms with E-state index in [1.54, 1.807) is 24.3 Å². The quantitative estimate of drug-likeness (QED) is 0.602. The zero-order valence-electron chi connectivity index (χ0n) is 15.6. The third kappa shape index (κ3) is 4.60. The number of benzene rings is 1. The Morgan fingerprint density at radius 2 is 2.03 bits per heavy atom. The van der Waals surface area contributed by atoms with Crippen molar-refractivity contribution in [3.8, 4) is 0 Å². The Morgan fingerprint density at radius 3 is 2.79 bits per heavy atom. The summed E-state index contributed by atoms with van der Waals surface area (Å²) in [5.74, 6) is -0.491. The van der Waals surface area contributed by atoms with Gasteiger partial charge in [0.2, 0.25) is 0 Å². The number of hydrogen-bond acceptors (Lipinski definition) is 7. The number of ether oxygens (including phenoxy) is 1. The number of amides is 2. The average Bonchev–Trinajstić information content (AvgIpc) is 3.30. The molecular weight excluding hydrogens is 432 g/mol. The number of anilines is 2. The number of fused-ring (bicyclic) bond motifs is 1. The van der Waals surface area contributed by atoms with Gasteiger partial charge in [-0.15, -0.1) is 11.3 Å². The van der Waals surface area contributed by atoms with Crippen molar-refractivity contribution in [3.05, 3.63) is 45.3 Å². The molecule has 2 aromatic rings. The molecule has 0 saturated carbocycles. The third-order valence-electron chi connectivity index (χ3n) is 4.96. The minimum Gasteiger partial charge on any atom is -0.366 e. The summed E-state index contributed by atoms with van der Waals surface area (Å²) in [5.41, 5.74) is 2.23. The van der Waals surface area contributed by atoms with Crippen molar-refractivity contribution < 1.29 is 14.3 Å². The van der Waals surface area contributed by atoms with E-state index >= 15 is 0 Å². The van der Waals surface area contributed by atoms with E-state index in [9.17, 15) is 9.59 Å². The molecule has 29 heavy (non-hydrogen) atoms. The molecule has 1 aliphatic heterocycles. The Labute approximate surface area is 182 Å². The highest BCUT2D eigenvalue weighted by molar-refractivity contribution is 7.94. The fourth-order valence-electron chi connectivity index (χ4n) is 3.53. The van der Waals surface area contributed by atoms with Crippen LogP contribution in [0.4, 0.5) is 10.7 Å². The van der Waals surface area contributed by atoms with Gasteiger partial charge in [-0.1, -0.05) is 11.6 Å². The minimum atomic E-state index is -0.621. The molecular formula is C19H21ClN4O3S2. The Kier molecular flexibility index (Phi) is 6.43. The summed E-state index contributed by atoms with van der Waals surface area (Å²) < 4.78 is 7.48. The first-order valence-corrected chi connectivity index (χ1v) is 11.3. The number of thiophene rings is 1. The molecule has 4 N–H and O–H groups in total. The van der Waals surface area contributed by atoms with Crippen molar-refractivity contribution >= 4 is 57.6 Å². The van der Waals surface area contributed by atoms with E-state index in [0.29, 0.717) is 41.0 Å². The molecule has 1 fully saturated rings. The van der Waals surface area contributed by atoms with Gasteiger partial charge in [0.05, 0.1) is 12.2 Å². The summed E-state index contributed by atoms with van der Waals surface area (Å²) in [6.07, 6.45) is 2.16. The predicted octanol–water partition coefficient (Wildman–Crippen LogP) is 3.30. The van der Waals surface area contributed by atoms with E-state index < -0.39 is 6.10 Å². The SMILES string of the molecule is NSN1CCOC(C(=O)Nc2sc3c(c2C(=O)Nc2ccc(Cl)cc2)CCC3)C1. The molecule has 2 heterocycles. The molecule has 1 aromatic heterocycles. The topological polar surface area (TPSA) is 96.7 Å². The largest absolute Gasteiger partial charge is 0.366 e. The lowest BCUT2D eigenvalue weighted by Crippen LogP contribution is -2.45. The number of nitrogens with one attached hydrogen (secondary N) is 2. The number of carbonyl (C=O) groups is 2. The summed E-state index contributed by atoms with van der Waals surface area (Å²) in [5, 5.41) is 12.6. The molecule has 4 rings (SSSR count). The van der Waals surface area contributed by atoms with E-state index in [2.05, 4.69) is 10.6 Å². The van der Waals surface area contributed by atoms with E-state index in [1.165, 1.54) is 11.3 Å². The van der Waals surface area contributed by atoms with Gasteiger partial charge in [0.1, 0.15) is 11.1 Å². The highest BCUT2D eigenvalue weighted by Crippen LogP contribution is 2.39. The fraction of sp³-hybridized carbons (Fsp3) is 0.368. The molecule has 1 atom stereocenters. The first-order chi connectivity index (χ1) is 14.0. The van der Waals surface area contributed by atoms with Gasteiger partial charge in [0.25, 0.3) is 11.8 Å². The summed E-state index contributed by atoms with van der Waals surface area (Å²) in [6, 6.07) is 6.94. The van der Waals surface area contributed by atoms with Gasteiger partial charge in [-0.25, -0.2) is 4.31 Å². The molecule has 10 heteroatoms. The molecule has 2 aliphatic rings. The second kappa shape index (κ2) is 9.03. The number of aryl methyl sites for hydroxylation is 1. The molecule has 0 spiro atoms. The maximum absolute atomic E-state index is 13.0. The van der Waals surface area contributed by atoms with Crippen molar-refractivity contribution in [3.63, 3.8) is 0 Å². The van der Waals surface area contributed by atoms with Crippen molar-refractivity contribution in [2.45, 2.75) is 25.4 Å². The number of rotatable bonds is 5. The lowest BCUT2D eigenvalue weighted by atomic mass is 10.1. The summed E-state index contributed by atoms with van der Waals surface area (Å²) in [4.78, 5) is 27.0. The maximum Gasteiger partial charge on any atom is 0.258 e. The van der Waals surface area contributed by atoms with Crippen LogP contribution in [0, 0.1) is 0 Å². The van der Waals surface area contributed by atoms with Gasteiger partial charge in [-0.05, 0) is 49.1 Å². The first kappa shape index (κ1) is 20.6. The van der Waals surface area contributed by atoms with Crippen molar-refractivity contribution in [1.82, 2.24) is 4.31 Å². The number of nitrogens with two attached hydrogens (primary N) is 1. The highest BCUT2D eigenvalue weighted by Gasteiger charge is 2.31. The minimum absolute atomic E-state index is 0.231. The van der Waals surface area contributed by atoms with Crippen LogP contribution in [-0.2, 0) is 22.4 Å². The molecule has 0 bridgehead atoms. The Balaban J connectivity index is 1.54. The molecule has 0 radical (unpaired) electrons. The Bertz CT molecular complexity index is 919. The number of morpholine rings is 1. The van der Waals surface area contributed by atoms with Gasteiger partial charge in [-0.2, -0.15) is 0 Å². The van der Waals surface area contributed by atoms with Gasteiger partial charge in [0, 0.05) is 40.8 Å². The lowest BCUT2D eigenvalue weighted by molar-refractivity contribution is -0.130. The van der Waals surface area contributed by atoms with Crippen molar-refractivity contribution in [2.75, 3.05) is 30.3 Å². The van der Waals surface area contributed by atoms with Crippen LogP contribution in [0.1, 0.15) is 27.2 Å². The van der Waals surface area contributed by atoms with Gasteiger partial charge < -0.3 is 15.4 Å². The first-order valence-electron chi connectivity index (χ1n) is 9.31. The van der Waals surface area contributed by atoms with E-state index in [4.69, 9.17) is 21.5 Å². The molecule has 1 aromatic carbocycles. The fourth-order valence-corrected chi connectivity index (χ4v) is 5.35. The van der Waals surface area contributed by atoms with E-state index in [0.717, 1.165) is 41.8 Å². The summed E-state index contributed by atoms with van der Waals surface area (Å²) in [7, 11) is 0. The van der Waals surface area contributed by atoms with Crippen LogP contribution in [0.5, 0.6) is 0 Å². The standard InChI is InChI=1S/C19H21ClN4O3S2/c20-11-4-6-12(7-5-11)22-18(26)16-13-2-1-3-15(13)28-19(16)23-17(25)14-10-24(29-21)8-9-27-14/h4-7,14H,1-3,8-10,21H2,(H,22,26)(H,23,25). The molecule has 2 amide bonds. The van der Waals surface area contributed by atoms with Crippen LogP contribution >= 0.6 is 35.1 Å². The number of halogens is 1. The normalized spacial score (nSPS) is 19.0. The van der Waals surface area contributed by atoms with Crippen molar-refractivity contribution in [1.29, 1.82) is 0 Å². The smallest absolute Gasteiger partial charge is 0.258 e. The molecule has 1 saturated heterocycles. The average molecular weight is 453 g/mol. The van der Waals surface area contributed by atoms with Crippen molar-refractivity contribution in [2.24, 2.45) is 5.14 Å². The van der Waals surface area contributed by atoms with Crippen LogP contribution in [0.2, 0.25) is 5.02 Å².